The Hall–Kier alpha value is -1.01. The van der Waals surface area contributed by atoms with Gasteiger partial charge in [-0.05, 0) is 19.8 Å². The van der Waals surface area contributed by atoms with Gasteiger partial charge in [-0.15, -0.1) is 0 Å². The van der Waals surface area contributed by atoms with Crippen molar-refractivity contribution in [2.75, 3.05) is 19.8 Å². The van der Waals surface area contributed by atoms with Crippen molar-refractivity contribution in [2.45, 2.75) is 13.8 Å². The van der Waals surface area contributed by atoms with E-state index in [1.165, 1.54) is 0 Å². The molecule has 0 unspecified atom stereocenters. The minimum absolute atomic E-state index is 0.243. The molecule has 0 aliphatic heterocycles. The summed E-state index contributed by atoms with van der Waals surface area (Å²) in [6.45, 7) is 5.29. The quantitative estimate of drug-likeness (QED) is 0.464. The number of hydrogen-bond donors (Lipinski definition) is 1. The van der Waals surface area contributed by atoms with Gasteiger partial charge in [0.25, 0.3) is 5.91 Å². The summed E-state index contributed by atoms with van der Waals surface area (Å²) in [7, 11) is 0. The minimum Gasteiger partial charge on any atom is -0.380 e. The van der Waals surface area contributed by atoms with E-state index >= 15 is 0 Å². The van der Waals surface area contributed by atoms with E-state index in [4.69, 9.17) is 4.74 Å². The summed E-state index contributed by atoms with van der Waals surface area (Å²) in [5.41, 5.74) is 0. The summed E-state index contributed by atoms with van der Waals surface area (Å²) in [5.74, 6) is 4.63. The fourth-order valence-electron chi connectivity index (χ4n) is 0.539. The highest BCUT2D eigenvalue weighted by Crippen LogP contribution is 1.70. The van der Waals surface area contributed by atoms with E-state index in [-0.39, 0.29) is 5.91 Å². The molecule has 1 amide bonds. The lowest BCUT2D eigenvalue weighted by Crippen LogP contribution is -2.25. The van der Waals surface area contributed by atoms with Crippen LogP contribution in [0.3, 0.4) is 0 Å². The van der Waals surface area contributed by atoms with E-state index < -0.39 is 0 Å². The first kappa shape index (κ1) is 9.99. The Morgan fingerprint density at radius 1 is 1.64 bits per heavy atom. The Bertz CT molecular complexity index is 167. The van der Waals surface area contributed by atoms with Crippen LogP contribution in [-0.4, -0.2) is 25.7 Å². The van der Waals surface area contributed by atoms with Gasteiger partial charge in [0.15, 0.2) is 0 Å². The van der Waals surface area contributed by atoms with Crippen molar-refractivity contribution in [3.05, 3.63) is 0 Å². The van der Waals surface area contributed by atoms with Gasteiger partial charge in [0, 0.05) is 13.2 Å². The predicted molar refractivity (Wildman–Crippen MR) is 43.0 cm³/mol. The third kappa shape index (κ3) is 6.88. The molecule has 11 heavy (non-hydrogen) atoms. The lowest BCUT2D eigenvalue weighted by molar-refractivity contribution is -0.115. The summed E-state index contributed by atoms with van der Waals surface area (Å²) >= 11 is 0. The summed E-state index contributed by atoms with van der Waals surface area (Å²) < 4.78 is 5.00. The molecule has 0 atom stereocenters. The number of nitrogens with one attached hydrogen (secondary N) is 1. The zero-order valence-electron chi connectivity index (χ0n) is 6.94. The molecule has 0 rings (SSSR count). The van der Waals surface area contributed by atoms with Crippen molar-refractivity contribution in [3.8, 4) is 11.8 Å². The molecule has 0 spiro atoms. The maximum atomic E-state index is 10.7. The zero-order chi connectivity index (χ0) is 8.53. The average Bonchev–Trinajstić information content (AvgIpc) is 1.99. The van der Waals surface area contributed by atoms with Crippen LogP contribution in [0.5, 0.6) is 0 Å². The lowest BCUT2D eigenvalue weighted by atomic mass is 10.5. The number of ether oxygens (including phenoxy) is 1. The van der Waals surface area contributed by atoms with Gasteiger partial charge in [0.1, 0.15) is 0 Å². The van der Waals surface area contributed by atoms with Gasteiger partial charge >= 0.3 is 0 Å². The third-order valence-corrected chi connectivity index (χ3v) is 0.975. The molecule has 0 heterocycles. The van der Waals surface area contributed by atoms with Gasteiger partial charge in [-0.3, -0.25) is 4.79 Å². The molecule has 62 valence electrons. The van der Waals surface area contributed by atoms with Crippen LogP contribution in [0.2, 0.25) is 0 Å². The van der Waals surface area contributed by atoms with Gasteiger partial charge in [-0.25, -0.2) is 0 Å². The van der Waals surface area contributed by atoms with Crippen LogP contribution in [0.1, 0.15) is 13.8 Å². The molecule has 0 aromatic heterocycles. The topological polar surface area (TPSA) is 38.3 Å². The normalized spacial score (nSPS) is 8.18. The largest absolute Gasteiger partial charge is 0.380 e. The fourth-order valence-corrected chi connectivity index (χ4v) is 0.539. The molecule has 0 aliphatic carbocycles. The molecular weight excluding hydrogens is 142 g/mol. The van der Waals surface area contributed by atoms with Crippen molar-refractivity contribution < 1.29 is 9.53 Å². The Balaban J connectivity index is 3.22. The SMILES string of the molecule is CC#CC(=O)NCCOCC. The molecule has 0 aliphatic rings. The van der Waals surface area contributed by atoms with E-state index in [1.807, 2.05) is 6.92 Å². The molecule has 0 saturated heterocycles. The van der Waals surface area contributed by atoms with E-state index in [0.29, 0.717) is 19.8 Å². The van der Waals surface area contributed by atoms with Crippen molar-refractivity contribution in [1.82, 2.24) is 5.32 Å². The number of carbonyl (C=O) groups is 1. The van der Waals surface area contributed by atoms with Crippen LogP contribution in [0.25, 0.3) is 0 Å². The number of rotatable bonds is 4. The lowest BCUT2D eigenvalue weighted by Gasteiger charge is -1.99. The first-order chi connectivity index (χ1) is 5.31. The van der Waals surface area contributed by atoms with Crippen molar-refractivity contribution >= 4 is 5.91 Å². The van der Waals surface area contributed by atoms with Gasteiger partial charge in [-0.2, -0.15) is 0 Å². The third-order valence-electron chi connectivity index (χ3n) is 0.975. The summed E-state index contributed by atoms with van der Waals surface area (Å²) in [6, 6.07) is 0. The molecule has 0 bridgehead atoms. The maximum absolute atomic E-state index is 10.7. The monoisotopic (exact) mass is 155 g/mol. The maximum Gasteiger partial charge on any atom is 0.295 e. The van der Waals surface area contributed by atoms with E-state index in [2.05, 4.69) is 17.2 Å². The summed E-state index contributed by atoms with van der Waals surface area (Å²) in [5, 5.41) is 2.58. The van der Waals surface area contributed by atoms with Crippen LogP contribution in [0.15, 0.2) is 0 Å². The Morgan fingerprint density at radius 2 is 2.36 bits per heavy atom. The standard InChI is InChI=1S/C8H13NO2/c1-3-5-8(10)9-6-7-11-4-2/h4,6-7H2,1-2H3,(H,9,10). The number of carbonyl (C=O) groups excluding carboxylic acids is 1. The van der Waals surface area contributed by atoms with E-state index in [1.54, 1.807) is 6.92 Å². The molecular formula is C8H13NO2. The van der Waals surface area contributed by atoms with Crippen LogP contribution < -0.4 is 5.32 Å². The second-order valence-electron chi connectivity index (χ2n) is 1.83. The first-order valence-corrected chi connectivity index (χ1v) is 3.59. The van der Waals surface area contributed by atoms with Gasteiger partial charge in [0.05, 0.1) is 6.61 Å². The Morgan fingerprint density at radius 3 is 2.91 bits per heavy atom. The Kier molecular flexibility index (Phi) is 6.45. The summed E-state index contributed by atoms with van der Waals surface area (Å²) in [6.07, 6.45) is 0. The molecule has 3 heteroatoms. The molecule has 0 aromatic rings. The summed E-state index contributed by atoms with van der Waals surface area (Å²) in [4.78, 5) is 10.7. The second-order valence-corrected chi connectivity index (χ2v) is 1.83. The van der Waals surface area contributed by atoms with E-state index in [0.717, 1.165) is 0 Å². The van der Waals surface area contributed by atoms with Crippen molar-refractivity contribution in [1.29, 1.82) is 0 Å². The minimum atomic E-state index is -0.243. The number of hydrogen-bond acceptors (Lipinski definition) is 2. The molecule has 1 N–H and O–H groups in total. The van der Waals surface area contributed by atoms with Crippen LogP contribution in [0.4, 0.5) is 0 Å². The van der Waals surface area contributed by atoms with Crippen LogP contribution in [-0.2, 0) is 9.53 Å². The number of amides is 1. The highest BCUT2D eigenvalue weighted by molar-refractivity contribution is 5.93. The van der Waals surface area contributed by atoms with Gasteiger partial charge in [0.2, 0.25) is 0 Å². The highest BCUT2D eigenvalue weighted by atomic mass is 16.5. The van der Waals surface area contributed by atoms with Gasteiger partial charge in [-0.1, -0.05) is 5.92 Å². The molecule has 0 saturated carbocycles. The van der Waals surface area contributed by atoms with Crippen molar-refractivity contribution in [2.24, 2.45) is 0 Å². The zero-order valence-corrected chi connectivity index (χ0v) is 6.94. The van der Waals surface area contributed by atoms with Crippen LogP contribution >= 0.6 is 0 Å². The van der Waals surface area contributed by atoms with E-state index in [9.17, 15) is 4.79 Å². The first-order valence-electron chi connectivity index (χ1n) is 3.59. The molecule has 3 nitrogen and oxygen atoms in total. The second kappa shape index (κ2) is 7.10. The highest BCUT2D eigenvalue weighted by Gasteiger charge is 1.91. The molecule has 0 aromatic carbocycles. The molecule has 0 radical (unpaired) electrons. The fraction of sp³-hybridized carbons (Fsp3) is 0.625. The smallest absolute Gasteiger partial charge is 0.295 e. The molecule has 0 fully saturated rings. The van der Waals surface area contributed by atoms with Gasteiger partial charge < -0.3 is 10.1 Å². The van der Waals surface area contributed by atoms with Crippen molar-refractivity contribution in [3.63, 3.8) is 0 Å². The Labute approximate surface area is 67.1 Å². The average molecular weight is 155 g/mol. The van der Waals surface area contributed by atoms with Crippen LogP contribution in [0, 0.1) is 11.8 Å². The predicted octanol–water partition coefficient (Wildman–Crippen LogP) is 0.162.